The number of benzene rings is 1. The summed E-state index contributed by atoms with van der Waals surface area (Å²) in [5.74, 6) is 0.167. The van der Waals surface area contributed by atoms with Crippen molar-refractivity contribution in [2.24, 2.45) is 0 Å². The van der Waals surface area contributed by atoms with Crippen molar-refractivity contribution in [2.75, 3.05) is 0 Å². The Balaban J connectivity index is 0. The molecule has 0 amide bonds. The van der Waals surface area contributed by atoms with E-state index in [9.17, 15) is 4.79 Å². The summed E-state index contributed by atoms with van der Waals surface area (Å²) in [6.45, 7) is 3.06. The van der Waals surface area contributed by atoms with Crippen LogP contribution >= 0.6 is 34.8 Å². The van der Waals surface area contributed by atoms with Gasteiger partial charge >= 0.3 is 0 Å². The number of Topliss-reactive ketones (excluding diaryl/α,β-unsaturated/α-hetero) is 1. The number of carbonyl (C=O) groups excluding carboxylic acids is 1. The van der Waals surface area contributed by atoms with Gasteiger partial charge < -0.3 is 4.79 Å². The van der Waals surface area contributed by atoms with Crippen molar-refractivity contribution in [2.45, 2.75) is 18.1 Å². The second-order valence-corrected chi connectivity index (χ2v) is 4.29. The van der Waals surface area contributed by atoms with Crippen molar-refractivity contribution in [3.05, 3.63) is 36.4 Å². The Morgan fingerprint density at radius 2 is 0.929 bits per heavy atom. The molecule has 80 valence electrons. The molecule has 14 heavy (non-hydrogen) atoms. The number of alkyl halides is 3. The van der Waals surface area contributed by atoms with Gasteiger partial charge in [0.2, 0.25) is 0 Å². The molecule has 4 heteroatoms. The SMILES string of the molecule is CC(C)=O.ClC(Cl)Cl.c1ccccc1. The third kappa shape index (κ3) is 41.0. The summed E-state index contributed by atoms with van der Waals surface area (Å²) < 4.78 is -0.750. The zero-order valence-electron chi connectivity index (χ0n) is 8.08. The van der Waals surface area contributed by atoms with Crippen LogP contribution in [0.4, 0.5) is 0 Å². The number of rotatable bonds is 0. The first-order chi connectivity index (χ1) is 6.46. The smallest absolute Gasteiger partial charge is 0.180 e. The molecule has 0 spiro atoms. The lowest BCUT2D eigenvalue weighted by atomic mass is 10.4. The predicted molar refractivity (Wildman–Crippen MR) is 64.1 cm³/mol. The topological polar surface area (TPSA) is 17.1 Å². The van der Waals surface area contributed by atoms with Gasteiger partial charge in [-0.15, -0.1) is 0 Å². The van der Waals surface area contributed by atoms with Crippen molar-refractivity contribution in [1.82, 2.24) is 0 Å². The Labute approximate surface area is 100.0 Å². The van der Waals surface area contributed by atoms with Gasteiger partial charge in [-0.3, -0.25) is 0 Å². The quantitative estimate of drug-likeness (QED) is 0.633. The summed E-state index contributed by atoms with van der Waals surface area (Å²) in [5.41, 5.74) is 0. The maximum Gasteiger partial charge on any atom is 0.180 e. The molecule has 0 saturated carbocycles. The lowest BCUT2D eigenvalue weighted by molar-refractivity contribution is -0.114. The minimum absolute atomic E-state index is 0.167. The van der Waals surface area contributed by atoms with E-state index in [4.69, 9.17) is 34.8 Å². The van der Waals surface area contributed by atoms with Gasteiger partial charge in [-0.05, 0) is 13.8 Å². The Morgan fingerprint density at radius 3 is 1.00 bits per heavy atom. The van der Waals surface area contributed by atoms with Gasteiger partial charge in [-0.1, -0.05) is 71.2 Å². The Morgan fingerprint density at radius 1 is 0.857 bits per heavy atom. The molecule has 1 aromatic rings. The fourth-order valence-corrected chi connectivity index (χ4v) is 0.385. The van der Waals surface area contributed by atoms with Gasteiger partial charge in [0.25, 0.3) is 0 Å². The molecule has 1 nitrogen and oxygen atoms in total. The van der Waals surface area contributed by atoms with Gasteiger partial charge in [0.1, 0.15) is 5.78 Å². The van der Waals surface area contributed by atoms with Crippen molar-refractivity contribution < 1.29 is 4.79 Å². The lowest BCUT2D eigenvalue weighted by Gasteiger charge is -1.69. The molecule has 1 aromatic carbocycles. The number of halogens is 3. The van der Waals surface area contributed by atoms with Crippen LogP contribution in [0.25, 0.3) is 0 Å². The molecule has 0 aliphatic heterocycles. The average molecular weight is 256 g/mol. The van der Waals surface area contributed by atoms with E-state index < -0.39 is 4.30 Å². The second-order valence-electron chi connectivity index (χ2n) is 2.31. The highest BCUT2D eigenvalue weighted by Gasteiger charge is 1.78. The third-order valence-electron chi connectivity index (χ3n) is 0.667. The van der Waals surface area contributed by atoms with Crippen LogP contribution in [0.5, 0.6) is 0 Å². The molecule has 0 aliphatic rings. The molecule has 1 rings (SSSR count). The Hall–Kier alpha value is -0.240. The number of carbonyl (C=O) groups is 1. The van der Waals surface area contributed by atoms with Gasteiger partial charge in [-0.25, -0.2) is 0 Å². The standard InChI is InChI=1S/C6H6.C3H6O.CHCl3/c1-2-4-6-5-3-1;1-3(2)4;2-1(3)4/h1-6H;1-2H3;1H. The molecule has 0 heterocycles. The highest BCUT2D eigenvalue weighted by Crippen LogP contribution is 2.03. The van der Waals surface area contributed by atoms with Crippen LogP contribution in [0.1, 0.15) is 13.8 Å². The number of ketones is 1. The van der Waals surface area contributed by atoms with E-state index in [1.807, 2.05) is 36.4 Å². The maximum atomic E-state index is 9.44. The molecule has 0 fully saturated rings. The summed E-state index contributed by atoms with van der Waals surface area (Å²) >= 11 is 14.4. The van der Waals surface area contributed by atoms with E-state index in [1.165, 1.54) is 13.8 Å². The summed E-state index contributed by atoms with van der Waals surface area (Å²) in [5, 5.41) is 0. The van der Waals surface area contributed by atoms with Gasteiger partial charge in [0.15, 0.2) is 4.30 Å². The van der Waals surface area contributed by atoms with Gasteiger partial charge in [0, 0.05) is 0 Å². The van der Waals surface area contributed by atoms with Crippen LogP contribution in [-0.4, -0.2) is 10.1 Å². The first-order valence-electron chi connectivity index (χ1n) is 3.86. The second kappa shape index (κ2) is 12.8. The minimum atomic E-state index is -0.750. The van der Waals surface area contributed by atoms with E-state index in [2.05, 4.69) is 0 Å². The summed E-state index contributed by atoms with van der Waals surface area (Å²) in [4.78, 5) is 9.44. The summed E-state index contributed by atoms with van der Waals surface area (Å²) in [6, 6.07) is 12.0. The van der Waals surface area contributed by atoms with Crippen LogP contribution in [0, 0.1) is 0 Å². The fourth-order valence-electron chi connectivity index (χ4n) is 0.385. The van der Waals surface area contributed by atoms with Crippen LogP contribution in [0.2, 0.25) is 0 Å². The van der Waals surface area contributed by atoms with E-state index >= 15 is 0 Å². The molecule has 0 atom stereocenters. The molecular weight excluding hydrogens is 242 g/mol. The van der Waals surface area contributed by atoms with E-state index in [0.29, 0.717) is 0 Å². The zero-order chi connectivity index (χ0) is 11.4. The van der Waals surface area contributed by atoms with Crippen molar-refractivity contribution in [1.29, 1.82) is 0 Å². The molecule has 0 aliphatic carbocycles. The zero-order valence-corrected chi connectivity index (χ0v) is 10.4. The van der Waals surface area contributed by atoms with Crippen LogP contribution in [0.15, 0.2) is 36.4 Å². The van der Waals surface area contributed by atoms with Crippen molar-refractivity contribution in [3.8, 4) is 0 Å². The Kier molecular flexibility index (Phi) is 14.8. The summed E-state index contributed by atoms with van der Waals surface area (Å²) in [7, 11) is 0. The molecule has 0 unspecified atom stereocenters. The average Bonchev–Trinajstić information content (AvgIpc) is 2.05. The van der Waals surface area contributed by atoms with E-state index in [0.717, 1.165) is 0 Å². The van der Waals surface area contributed by atoms with E-state index in [1.54, 1.807) is 0 Å². The third-order valence-corrected chi connectivity index (χ3v) is 0.667. The van der Waals surface area contributed by atoms with E-state index in [-0.39, 0.29) is 5.78 Å². The molecule has 0 radical (unpaired) electrons. The monoisotopic (exact) mass is 254 g/mol. The highest BCUT2D eigenvalue weighted by molar-refractivity contribution is 6.63. The molecule has 0 aromatic heterocycles. The van der Waals surface area contributed by atoms with Crippen LogP contribution < -0.4 is 0 Å². The molecule has 0 bridgehead atoms. The fraction of sp³-hybridized carbons (Fsp3) is 0.300. The molecule has 0 N–H and O–H groups in total. The van der Waals surface area contributed by atoms with Crippen LogP contribution in [-0.2, 0) is 4.79 Å². The lowest BCUT2D eigenvalue weighted by Crippen LogP contribution is -1.69. The number of hydrogen-bond acceptors (Lipinski definition) is 1. The Bertz CT molecular complexity index is 178. The number of hydrogen-bond donors (Lipinski definition) is 0. The molecular formula is C10H13Cl3O. The van der Waals surface area contributed by atoms with Crippen LogP contribution in [0.3, 0.4) is 0 Å². The van der Waals surface area contributed by atoms with Gasteiger partial charge in [0.05, 0.1) is 0 Å². The minimum Gasteiger partial charge on any atom is -0.300 e. The largest absolute Gasteiger partial charge is 0.300 e. The van der Waals surface area contributed by atoms with Gasteiger partial charge in [-0.2, -0.15) is 0 Å². The highest BCUT2D eigenvalue weighted by atomic mass is 35.6. The predicted octanol–water partition coefficient (Wildman–Crippen LogP) is 4.27. The first-order valence-corrected chi connectivity index (χ1v) is 5.17. The van der Waals surface area contributed by atoms with Crippen molar-refractivity contribution in [3.63, 3.8) is 0 Å². The summed E-state index contributed by atoms with van der Waals surface area (Å²) in [6.07, 6.45) is 0. The van der Waals surface area contributed by atoms with Crippen molar-refractivity contribution >= 4 is 40.6 Å². The first kappa shape index (κ1) is 16.2. The normalized spacial score (nSPS) is 7.86. The maximum absolute atomic E-state index is 9.44. The molecule has 0 saturated heterocycles.